The first kappa shape index (κ1) is 22.2. The summed E-state index contributed by atoms with van der Waals surface area (Å²) in [4.78, 5) is 36.3. The SMILES string of the molecule is CCOC(=O)NC(=O)CN(CC)CC(=O)Nc1ccc(OC(F)(F)F)cc1. The zero-order valence-corrected chi connectivity index (χ0v) is 14.8. The standard InChI is InChI=1S/C16H20F3N3O5/c1-3-22(10-14(24)21-15(25)26-4-2)9-13(23)20-11-5-7-12(8-6-11)27-16(17,18)19/h5-8H,3-4,9-10H2,1-2H3,(H,20,23)(H,21,24,25). The molecule has 2 N–H and O–H groups in total. The van der Waals surface area contributed by atoms with E-state index in [9.17, 15) is 27.6 Å². The Labute approximate surface area is 153 Å². The van der Waals surface area contributed by atoms with Crippen LogP contribution in [0.2, 0.25) is 0 Å². The Kier molecular flexibility index (Phi) is 8.52. The third-order valence-electron chi connectivity index (χ3n) is 3.07. The van der Waals surface area contributed by atoms with Gasteiger partial charge in [0, 0.05) is 5.69 Å². The van der Waals surface area contributed by atoms with Gasteiger partial charge in [0.1, 0.15) is 5.75 Å². The highest BCUT2D eigenvalue weighted by Crippen LogP contribution is 2.23. The Morgan fingerprint density at radius 3 is 2.15 bits per heavy atom. The lowest BCUT2D eigenvalue weighted by molar-refractivity contribution is -0.274. The molecule has 27 heavy (non-hydrogen) atoms. The predicted molar refractivity (Wildman–Crippen MR) is 89.0 cm³/mol. The molecule has 0 saturated carbocycles. The number of nitrogens with zero attached hydrogens (tertiary/aromatic N) is 1. The number of likely N-dealkylation sites (N-methyl/N-ethyl adjacent to an activating group) is 1. The van der Waals surface area contributed by atoms with E-state index in [2.05, 4.69) is 14.8 Å². The molecule has 3 amide bonds. The van der Waals surface area contributed by atoms with Crippen molar-refractivity contribution >= 4 is 23.6 Å². The molecule has 1 aromatic carbocycles. The Morgan fingerprint density at radius 1 is 1.04 bits per heavy atom. The number of imide groups is 1. The lowest BCUT2D eigenvalue weighted by atomic mass is 10.3. The van der Waals surface area contributed by atoms with Crippen molar-refractivity contribution in [3.63, 3.8) is 0 Å². The number of nitrogens with one attached hydrogen (secondary N) is 2. The molecule has 0 aliphatic rings. The third-order valence-corrected chi connectivity index (χ3v) is 3.07. The minimum atomic E-state index is -4.80. The van der Waals surface area contributed by atoms with E-state index >= 15 is 0 Å². The fourth-order valence-corrected chi connectivity index (χ4v) is 1.95. The largest absolute Gasteiger partial charge is 0.573 e. The van der Waals surface area contributed by atoms with Crippen LogP contribution in [0.4, 0.5) is 23.7 Å². The van der Waals surface area contributed by atoms with Crippen LogP contribution in [0.1, 0.15) is 13.8 Å². The Hall–Kier alpha value is -2.82. The summed E-state index contributed by atoms with van der Waals surface area (Å²) < 4.78 is 44.6. The van der Waals surface area contributed by atoms with Gasteiger partial charge in [0.15, 0.2) is 0 Å². The number of alkyl halides is 3. The number of benzene rings is 1. The Morgan fingerprint density at radius 2 is 1.63 bits per heavy atom. The zero-order valence-electron chi connectivity index (χ0n) is 14.8. The minimum Gasteiger partial charge on any atom is -0.450 e. The van der Waals surface area contributed by atoms with Crippen LogP contribution >= 0.6 is 0 Å². The number of amides is 3. The molecule has 0 saturated heterocycles. The Balaban J connectivity index is 2.51. The number of carbonyl (C=O) groups excluding carboxylic acids is 3. The second-order valence-corrected chi connectivity index (χ2v) is 5.19. The normalized spacial score (nSPS) is 11.0. The molecular formula is C16H20F3N3O5. The number of anilines is 1. The van der Waals surface area contributed by atoms with Gasteiger partial charge in [0.25, 0.3) is 0 Å². The molecule has 0 radical (unpaired) electrons. The first-order valence-electron chi connectivity index (χ1n) is 7.97. The number of alkyl carbamates (subject to hydrolysis) is 1. The van der Waals surface area contributed by atoms with E-state index in [-0.39, 0.29) is 25.4 Å². The zero-order chi connectivity index (χ0) is 20.4. The summed E-state index contributed by atoms with van der Waals surface area (Å²) in [6.07, 6.45) is -5.67. The van der Waals surface area contributed by atoms with E-state index < -0.39 is 30.0 Å². The maximum absolute atomic E-state index is 12.1. The van der Waals surface area contributed by atoms with Crippen LogP contribution in [0.3, 0.4) is 0 Å². The quantitative estimate of drug-likeness (QED) is 0.705. The summed E-state index contributed by atoms with van der Waals surface area (Å²) >= 11 is 0. The predicted octanol–water partition coefficient (Wildman–Crippen LogP) is 2.12. The van der Waals surface area contributed by atoms with E-state index in [4.69, 9.17) is 0 Å². The summed E-state index contributed by atoms with van der Waals surface area (Å²) in [6, 6.07) is 4.63. The smallest absolute Gasteiger partial charge is 0.450 e. The van der Waals surface area contributed by atoms with Gasteiger partial charge in [0.2, 0.25) is 11.8 Å². The molecule has 0 spiro atoms. The van der Waals surface area contributed by atoms with Crippen molar-refractivity contribution in [2.75, 3.05) is 31.6 Å². The fourth-order valence-electron chi connectivity index (χ4n) is 1.95. The van der Waals surface area contributed by atoms with Gasteiger partial charge in [0.05, 0.1) is 19.7 Å². The molecule has 0 heterocycles. The maximum atomic E-state index is 12.1. The molecule has 0 aromatic heterocycles. The summed E-state index contributed by atoms with van der Waals surface area (Å²) in [5.41, 5.74) is 0.265. The number of rotatable bonds is 8. The van der Waals surface area contributed by atoms with E-state index in [0.29, 0.717) is 6.54 Å². The molecule has 0 fully saturated rings. The van der Waals surface area contributed by atoms with Gasteiger partial charge >= 0.3 is 12.5 Å². The first-order valence-corrected chi connectivity index (χ1v) is 7.97. The number of hydrogen-bond acceptors (Lipinski definition) is 6. The second-order valence-electron chi connectivity index (χ2n) is 5.19. The van der Waals surface area contributed by atoms with Crippen molar-refractivity contribution in [3.05, 3.63) is 24.3 Å². The van der Waals surface area contributed by atoms with Crippen LogP contribution in [0.25, 0.3) is 0 Å². The van der Waals surface area contributed by atoms with E-state index in [1.807, 2.05) is 5.32 Å². The molecule has 1 aromatic rings. The number of carbonyl (C=O) groups is 3. The summed E-state index contributed by atoms with van der Waals surface area (Å²) in [7, 11) is 0. The molecule has 11 heteroatoms. The van der Waals surface area contributed by atoms with Crippen molar-refractivity contribution in [2.24, 2.45) is 0 Å². The molecular weight excluding hydrogens is 371 g/mol. The topological polar surface area (TPSA) is 97.0 Å². The van der Waals surface area contributed by atoms with Crippen LogP contribution in [0.5, 0.6) is 5.75 Å². The maximum Gasteiger partial charge on any atom is 0.573 e. The van der Waals surface area contributed by atoms with Crippen molar-refractivity contribution in [1.29, 1.82) is 0 Å². The monoisotopic (exact) mass is 391 g/mol. The van der Waals surface area contributed by atoms with Crippen LogP contribution in [-0.2, 0) is 14.3 Å². The highest BCUT2D eigenvalue weighted by molar-refractivity contribution is 5.94. The van der Waals surface area contributed by atoms with Crippen molar-refractivity contribution in [2.45, 2.75) is 20.2 Å². The van der Waals surface area contributed by atoms with Crippen LogP contribution in [0.15, 0.2) is 24.3 Å². The molecule has 0 atom stereocenters. The van der Waals surface area contributed by atoms with Crippen molar-refractivity contribution in [3.8, 4) is 5.75 Å². The molecule has 0 bridgehead atoms. The summed E-state index contributed by atoms with van der Waals surface area (Å²) in [5, 5.41) is 4.50. The van der Waals surface area contributed by atoms with Gasteiger partial charge in [-0.1, -0.05) is 6.92 Å². The summed E-state index contributed by atoms with van der Waals surface area (Å²) in [5.74, 6) is -1.52. The molecule has 0 aliphatic carbocycles. The molecule has 8 nitrogen and oxygen atoms in total. The van der Waals surface area contributed by atoms with Crippen LogP contribution < -0.4 is 15.4 Å². The van der Waals surface area contributed by atoms with E-state index in [0.717, 1.165) is 12.1 Å². The average Bonchev–Trinajstić information content (AvgIpc) is 2.54. The number of hydrogen-bond donors (Lipinski definition) is 2. The van der Waals surface area contributed by atoms with Crippen molar-refractivity contribution < 1.29 is 37.0 Å². The fraction of sp³-hybridized carbons (Fsp3) is 0.438. The summed E-state index contributed by atoms with van der Waals surface area (Å²) in [6.45, 7) is 3.41. The van der Waals surface area contributed by atoms with Gasteiger partial charge in [-0.15, -0.1) is 13.2 Å². The van der Waals surface area contributed by atoms with E-state index in [1.165, 1.54) is 17.0 Å². The second kappa shape index (κ2) is 10.4. The lowest BCUT2D eigenvalue weighted by Crippen LogP contribution is -2.43. The van der Waals surface area contributed by atoms with Crippen LogP contribution in [-0.4, -0.2) is 55.4 Å². The van der Waals surface area contributed by atoms with Gasteiger partial charge in [-0.05, 0) is 37.7 Å². The van der Waals surface area contributed by atoms with Gasteiger partial charge in [-0.3, -0.25) is 19.8 Å². The van der Waals surface area contributed by atoms with Gasteiger partial charge < -0.3 is 14.8 Å². The molecule has 0 aliphatic heterocycles. The highest BCUT2D eigenvalue weighted by Gasteiger charge is 2.31. The van der Waals surface area contributed by atoms with Crippen molar-refractivity contribution in [1.82, 2.24) is 10.2 Å². The Bertz CT molecular complexity index is 650. The molecule has 150 valence electrons. The average molecular weight is 391 g/mol. The molecule has 1 rings (SSSR count). The lowest BCUT2D eigenvalue weighted by Gasteiger charge is -2.19. The highest BCUT2D eigenvalue weighted by atomic mass is 19.4. The van der Waals surface area contributed by atoms with Gasteiger partial charge in [-0.2, -0.15) is 0 Å². The van der Waals surface area contributed by atoms with Gasteiger partial charge in [-0.25, -0.2) is 4.79 Å². The third kappa shape index (κ3) is 9.45. The minimum absolute atomic E-state index is 0.117. The van der Waals surface area contributed by atoms with Crippen LogP contribution in [0, 0.1) is 0 Å². The first-order chi connectivity index (χ1) is 12.6. The molecule has 0 unspecified atom stereocenters. The number of ether oxygens (including phenoxy) is 2. The number of halogens is 3. The van der Waals surface area contributed by atoms with E-state index in [1.54, 1.807) is 13.8 Å².